The van der Waals surface area contributed by atoms with Gasteiger partial charge in [-0.3, -0.25) is 59.8 Å². The normalized spacial score (nSPS) is 12.5. The third-order valence-electron chi connectivity index (χ3n) is 22.4. The molecular formula is C89H94N12. The highest BCUT2D eigenvalue weighted by Gasteiger charge is 2.31. The summed E-state index contributed by atoms with van der Waals surface area (Å²) in [6.45, 7) is 48.6. The van der Waals surface area contributed by atoms with Gasteiger partial charge in [-0.15, -0.1) is 0 Å². The molecule has 12 aromatic heterocycles. The lowest BCUT2D eigenvalue weighted by molar-refractivity contribution is 1.04. The van der Waals surface area contributed by atoms with Crippen LogP contribution in [0.2, 0.25) is 0 Å². The average Bonchev–Trinajstić information content (AvgIpc) is 1.66. The molecule has 12 heteroatoms. The van der Waals surface area contributed by atoms with Crippen molar-refractivity contribution in [3.05, 3.63) is 277 Å². The third-order valence-corrected chi connectivity index (χ3v) is 22.4. The molecule has 0 radical (unpaired) electrons. The van der Waals surface area contributed by atoms with Crippen LogP contribution in [0.25, 0.3) is 66.8 Å². The maximum absolute atomic E-state index is 4.67. The summed E-state index contributed by atoms with van der Waals surface area (Å²) in [6.07, 6.45) is 17.6. The molecule has 101 heavy (non-hydrogen) atoms. The lowest BCUT2D eigenvalue weighted by Gasteiger charge is -2.11. The molecule has 0 spiro atoms. The molecular weight excluding hydrogens is 1240 g/mol. The molecule has 6 aliphatic rings. The molecule has 510 valence electrons. The van der Waals surface area contributed by atoms with Crippen LogP contribution in [0.5, 0.6) is 0 Å². The summed E-state index contributed by atoms with van der Waals surface area (Å²) in [6, 6.07) is 15.0. The van der Waals surface area contributed by atoms with Crippen LogP contribution in [0, 0.1) is 159 Å². The highest BCUT2D eigenvalue weighted by molar-refractivity contribution is 5.84. The van der Waals surface area contributed by atoms with E-state index in [0.29, 0.717) is 0 Å². The lowest BCUT2D eigenvalue weighted by Crippen LogP contribution is -1.98. The van der Waals surface area contributed by atoms with Gasteiger partial charge >= 0.3 is 0 Å². The molecule has 0 unspecified atom stereocenters. The fourth-order valence-electron chi connectivity index (χ4n) is 16.0. The molecule has 0 saturated carbocycles. The second kappa shape index (κ2) is 27.0. The van der Waals surface area contributed by atoms with Gasteiger partial charge < -0.3 is 0 Å². The first-order chi connectivity index (χ1) is 48.1. The Morgan fingerprint density at radius 3 is 1.22 bits per heavy atom. The molecule has 6 aliphatic carbocycles. The van der Waals surface area contributed by atoms with Gasteiger partial charge in [-0.1, -0.05) is 12.1 Å². The van der Waals surface area contributed by atoms with E-state index in [1.54, 1.807) is 0 Å². The van der Waals surface area contributed by atoms with Gasteiger partial charge in [0, 0.05) is 211 Å². The van der Waals surface area contributed by atoms with Gasteiger partial charge in [0.05, 0.1) is 34.2 Å². The van der Waals surface area contributed by atoms with E-state index in [2.05, 4.69) is 248 Å². The number of nitrogens with zero attached hydrogens (tertiary/aromatic N) is 12. The Balaban J connectivity index is 0.000000108. The number of aromatic nitrogens is 12. The van der Waals surface area contributed by atoms with Crippen LogP contribution < -0.4 is 0 Å². The van der Waals surface area contributed by atoms with Gasteiger partial charge in [-0.25, -0.2) is 0 Å². The van der Waals surface area contributed by atoms with Crippen molar-refractivity contribution < 1.29 is 0 Å². The molecule has 0 N–H and O–H groups in total. The van der Waals surface area contributed by atoms with E-state index >= 15 is 0 Å². The van der Waals surface area contributed by atoms with Crippen molar-refractivity contribution in [3.63, 3.8) is 0 Å². The summed E-state index contributed by atoms with van der Waals surface area (Å²) in [7, 11) is 0. The van der Waals surface area contributed by atoms with Gasteiger partial charge in [0.1, 0.15) is 0 Å². The van der Waals surface area contributed by atoms with Gasteiger partial charge in [0.25, 0.3) is 0 Å². The minimum atomic E-state index is 0.959. The molecule has 0 amide bonds. The predicted molar refractivity (Wildman–Crippen MR) is 411 cm³/mol. The summed E-state index contributed by atoms with van der Waals surface area (Å²) in [4.78, 5) is 55.0. The Morgan fingerprint density at radius 1 is 0.218 bits per heavy atom. The van der Waals surface area contributed by atoms with Gasteiger partial charge in [0.15, 0.2) is 0 Å². The van der Waals surface area contributed by atoms with E-state index in [1.807, 2.05) is 51.0 Å². The predicted octanol–water partition coefficient (Wildman–Crippen LogP) is 19.4. The highest BCUT2D eigenvalue weighted by atomic mass is 14.8. The zero-order valence-corrected chi connectivity index (χ0v) is 63.6. The zero-order valence-electron chi connectivity index (χ0n) is 63.6. The van der Waals surface area contributed by atoms with Crippen LogP contribution in [-0.2, 0) is 38.5 Å². The Morgan fingerprint density at radius 2 is 0.634 bits per heavy atom. The Bertz CT molecular complexity index is 5460. The summed E-state index contributed by atoms with van der Waals surface area (Å²) in [5, 5.41) is 0. The van der Waals surface area contributed by atoms with Crippen molar-refractivity contribution in [2.45, 2.75) is 198 Å². The molecule has 12 nitrogen and oxygen atoms in total. The van der Waals surface area contributed by atoms with E-state index in [-0.39, 0.29) is 0 Å². The monoisotopic (exact) mass is 1330 g/mol. The van der Waals surface area contributed by atoms with Gasteiger partial charge in [0.2, 0.25) is 0 Å². The van der Waals surface area contributed by atoms with E-state index in [4.69, 9.17) is 0 Å². The molecule has 0 aromatic carbocycles. The summed E-state index contributed by atoms with van der Waals surface area (Å²) in [5.41, 5.74) is 59.2. The lowest BCUT2D eigenvalue weighted by atomic mass is 9.98. The van der Waals surface area contributed by atoms with Crippen molar-refractivity contribution >= 4 is 0 Å². The SMILES string of the molecule is Cc1cc(C)c2c(n1)Cc1c-2cnc(C)c1C.Cc1ccc2c(n1)Cc1c(C)c(C)nc(C)c1-2.Cc1ccc2c(n1)Cc1c-2cnc(C)c1C.Cc1ccnc2c1-c1c(C)nc(C)c(C)c1C2.Cc1cnc2c(c1)-c1c(C)nc(C)c(C)c1C2.Cc1cnc2c(c1C)-c1cnc(C)c(C)c1C2. The van der Waals surface area contributed by atoms with Crippen molar-refractivity contribution in [1.82, 2.24) is 59.8 Å². The minimum absolute atomic E-state index is 0.959. The zero-order chi connectivity index (χ0) is 72.1. The Hall–Kier alpha value is -10.2. The Kier molecular flexibility index (Phi) is 18.6. The number of hydrogen-bond acceptors (Lipinski definition) is 12. The standard InChI is InChI=1S/5C15H16N2.C14H14N2/c1-8-6-17-14-5-12-10(3)11(4)16-7-13(12)15(14)9(8)2;1-8-5-9(2)17-14-6-12-10(3)11(4)16-7-13(12)15(8)14;1-8-5-13-14(16-7-8)6-12-9(2)10(3)17-11(4)15(12)13;1-8-5-6-16-13-7-12-9(2)10(3)17-11(4)15(12)14(8)13;1-8-5-6-12-14(16-8)7-13-9(2)10(3)17-11(4)15(12)13;1-8-4-5-11-13-7-15-10(3)9(2)12(13)6-14(11)16-8/h6-7H,5H2,1-4H3;2*5,7H,6H2,1-4H3;2*5-6H,7H2,1-4H3;4-5,7H,6H2,1-3H3. The van der Waals surface area contributed by atoms with Crippen LogP contribution in [0.4, 0.5) is 0 Å². The van der Waals surface area contributed by atoms with Crippen LogP contribution in [0.3, 0.4) is 0 Å². The summed E-state index contributed by atoms with van der Waals surface area (Å²) in [5.74, 6) is 0. The molecule has 0 fully saturated rings. The van der Waals surface area contributed by atoms with E-state index < -0.39 is 0 Å². The fraction of sp³-hybridized carbons (Fsp3) is 0.326. The second-order valence-corrected chi connectivity index (χ2v) is 29.1. The van der Waals surface area contributed by atoms with Crippen LogP contribution in [-0.4, -0.2) is 59.8 Å². The van der Waals surface area contributed by atoms with Gasteiger partial charge in [-0.05, 0) is 284 Å². The number of pyridine rings is 12. The first-order valence-corrected chi connectivity index (χ1v) is 35.6. The average molecular weight is 1330 g/mol. The number of fused-ring (bicyclic) bond motifs is 18. The van der Waals surface area contributed by atoms with Crippen molar-refractivity contribution in [2.24, 2.45) is 0 Å². The third kappa shape index (κ3) is 12.6. The summed E-state index contributed by atoms with van der Waals surface area (Å²) < 4.78 is 0. The molecule has 0 saturated heterocycles. The summed E-state index contributed by atoms with van der Waals surface area (Å²) >= 11 is 0. The minimum Gasteiger partial charge on any atom is -0.261 e. The molecule has 0 aliphatic heterocycles. The van der Waals surface area contributed by atoms with E-state index in [1.165, 1.54) is 196 Å². The molecule has 12 aromatic rings. The maximum Gasteiger partial charge on any atom is 0.0532 e. The molecule has 12 heterocycles. The smallest absolute Gasteiger partial charge is 0.0532 e. The first-order valence-electron chi connectivity index (χ1n) is 35.6. The van der Waals surface area contributed by atoms with E-state index in [9.17, 15) is 0 Å². The van der Waals surface area contributed by atoms with Crippen LogP contribution >= 0.6 is 0 Å². The molecule has 18 rings (SSSR count). The van der Waals surface area contributed by atoms with E-state index in [0.717, 1.165) is 107 Å². The first kappa shape index (κ1) is 69.3. The number of rotatable bonds is 0. The van der Waals surface area contributed by atoms with Crippen molar-refractivity contribution in [3.8, 4) is 66.8 Å². The number of hydrogen-bond donors (Lipinski definition) is 0. The van der Waals surface area contributed by atoms with Crippen molar-refractivity contribution in [1.29, 1.82) is 0 Å². The van der Waals surface area contributed by atoms with Gasteiger partial charge in [-0.2, -0.15) is 0 Å². The van der Waals surface area contributed by atoms with Crippen molar-refractivity contribution in [2.75, 3.05) is 0 Å². The fourth-order valence-corrected chi connectivity index (χ4v) is 16.0. The maximum atomic E-state index is 4.67. The van der Waals surface area contributed by atoms with Crippen LogP contribution in [0.15, 0.2) is 79.6 Å². The van der Waals surface area contributed by atoms with Crippen LogP contribution in [0.1, 0.15) is 197 Å². The Labute approximate surface area is 597 Å². The quantitative estimate of drug-likeness (QED) is 0.142. The molecule has 0 atom stereocenters. The topological polar surface area (TPSA) is 155 Å². The second-order valence-electron chi connectivity index (χ2n) is 29.1. The highest BCUT2D eigenvalue weighted by Crippen LogP contribution is 2.46. The number of aryl methyl sites for hydroxylation is 16. The molecule has 0 bridgehead atoms. The largest absolute Gasteiger partial charge is 0.261 e.